The van der Waals surface area contributed by atoms with Crippen LogP contribution in [0.25, 0.3) is 0 Å². The number of aliphatic hydroxyl groups is 1. The first-order valence-electron chi connectivity index (χ1n) is 4.90. The van der Waals surface area contributed by atoms with Crippen molar-refractivity contribution in [2.24, 2.45) is 0 Å². The predicted octanol–water partition coefficient (Wildman–Crippen LogP) is 2.53. The topological polar surface area (TPSA) is 29.5 Å². The van der Waals surface area contributed by atoms with Gasteiger partial charge < -0.3 is 9.84 Å². The van der Waals surface area contributed by atoms with Gasteiger partial charge in [0.1, 0.15) is 6.61 Å². The molecular weight excluding hydrogens is 195 g/mol. The molecule has 0 saturated carbocycles. The molecule has 1 rings (SSSR count). The highest BCUT2D eigenvalue weighted by atomic mass is 19.1. The molecule has 3 heteroatoms. The predicted molar refractivity (Wildman–Crippen MR) is 57.3 cm³/mol. The van der Waals surface area contributed by atoms with E-state index in [9.17, 15) is 9.50 Å². The molecule has 0 aliphatic rings. The largest absolute Gasteiger partial charge is 0.488 e. The Kier molecular flexibility index (Phi) is 4.84. The molecule has 1 N–H and O–H groups in total. The van der Waals surface area contributed by atoms with Crippen LogP contribution in [0.5, 0.6) is 5.75 Å². The van der Waals surface area contributed by atoms with E-state index in [0.717, 1.165) is 6.42 Å². The van der Waals surface area contributed by atoms with Gasteiger partial charge in [0.25, 0.3) is 0 Å². The maximum atomic E-state index is 13.1. The summed E-state index contributed by atoms with van der Waals surface area (Å²) in [4.78, 5) is 0. The molecule has 0 unspecified atom stereocenters. The summed E-state index contributed by atoms with van der Waals surface area (Å²) in [5.74, 6) is -0.233. The van der Waals surface area contributed by atoms with Gasteiger partial charge in [-0.2, -0.15) is 0 Å². The van der Waals surface area contributed by atoms with Gasteiger partial charge in [0, 0.05) is 0 Å². The number of halogens is 1. The smallest absolute Gasteiger partial charge is 0.165 e. The average molecular weight is 210 g/mol. The Balaban J connectivity index is 2.36. The fourth-order valence-electron chi connectivity index (χ4n) is 1.14. The van der Waals surface area contributed by atoms with Crippen molar-refractivity contribution < 1.29 is 14.2 Å². The van der Waals surface area contributed by atoms with Crippen LogP contribution in [0.1, 0.15) is 12.8 Å². The Bertz CT molecular complexity index is 312. The number of rotatable bonds is 6. The van der Waals surface area contributed by atoms with Crippen LogP contribution in [0.15, 0.2) is 36.9 Å². The molecule has 0 saturated heterocycles. The summed E-state index contributed by atoms with van der Waals surface area (Å²) in [7, 11) is 0. The lowest BCUT2D eigenvalue weighted by atomic mass is 10.2. The summed E-state index contributed by atoms with van der Waals surface area (Å²) in [5.41, 5.74) is 0. The van der Waals surface area contributed by atoms with E-state index in [1.807, 2.05) is 0 Å². The van der Waals surface area contributed by atoms with Crippen molar-refractivity contribution in [3.05, 3.63) is 42.7 Å². The quantitative estimate of drug-likeness (QED) is 0.731. The standard InChI is InChI=1S/C12H15FO2/c1-2-3-6-10(14)9-15-12-8-5-4-7-11(12)13/h2,4-5,7-8,10,14H,1,3,6,9H2/t10-/m1/s1. The molecule has 0 aliphatic heterocycles. The molecule has 82 valence electrons. The van der Waals surface area contributed by atoms with Crippen LogP contribution in [-0.2, 0) is 0 Å². The van der Waals surface area contributed by atoms with Crippen molar-refractivity contribution in [1.82, 2.24) is 0 Å². The van der Waals surface area contributed by atoms with E-state index >= 15 is 0 Å². The highest BCUT2D eigenvalue weighted by Gasteiger charge is 2.06. The van der Waals surface area contributed by atoms with Gasteiger partial charge in [-0.1, -0.05) is 18.2 Å². The second kappa shape index (κ2) is 6.19. The van der Waals surface area contributed by atoms with Crippen molar-refractivity contribution in [1.29, 1.82) is 0 Å². The van der Waals surface area contributed by atoms with Crippen LogP contribution in [0.4, 0.5) is 4.39 Å². The third kappa shape index (κ3) is 4.13. The van der Waals surface area contributed by atoms with E-state index in [1.54, 1.807) is 18.2 Å². The fraction of sp³-hybridized carbons (Fsp3) is 0.333. The summed E-state index contributed by atoms with van der Waals surface area (Å²) in [5, 5.41) is 9.44. The minimum absolute atomic E-state index is 0.106. The van der Waals surface area contributed by atoms with Crippen molar-refractivity contribution in [2.45, 2.75) is 18.9 Å². The Morgan fingerprint density at radius 2 is 2.20 bits per heavy atom. The first-order chi connectivity index (χ1) is 7.24. The first-order valence-corrected chi connectivity index (χ1v) is 4.90. The maximum Gasteiger partial charge on any atom is 0.165 e. The van der Waals surface area contributed by atoms with E-state index in [2.05, 4.69) is 6.58 Å². The fourth-order valence-corrected chi connectivity index (χ4v) is 1.14. The molecule has 1 aromatic rings. The molecule has 0 bridgehead atoms. The third-order valence-electron chi connectivity index (χ3n) is 1.97. The number of para-hydroxylation sites is 1. The summed E-state index contributed by atoms with van der Waals surface area (Å²) in [6.45, 7) is 3.66. The molecule has 0 aliphatic carbocycles. The number of aliphatic hydroxyl groups excluding tert-OH is 1. The van der Waals surface area contributed by atoms with Crippen LogP contribution < -0.4 is 4.74 Å². The van der Waals surface area contributed by atoms with E-state index in [-0.39, 0.29) is 12.4 Å². The second-order valence-electron chi connectivity index (χ2n) is 3.26. The van der Waals surface area contributed by atoms with Crippen LogP contribution in [0.2, 0.25) is 0 Å². The molecule has 0 radical (unpaired) electrons. The van der Waals surface area contributed by atoms with Gasteiger partial charge in [-0.3, -0.25) is 0 Å². The molecule has 1 atom stereocenters. The zero-order valence-corrected chi connectivity index (χ0v) is 8.53. The summed E-state index contributed by atoms with van der Waals surface area (Å²) in [6, 6.07) is 6.14. The first kappa shape index (κ1) is 11.7. The molecule has 1 aromatic carbocycles. The summed E-state index contributed by atoms with van der Waals surface area (Å²) >= 11 is 0. The monoisotopic (exact) mass is 210 g/mol. The van der Waals surface area contributed by atoms with Crippen LogP contribution >= 0.6 is 0 Å². The molecule has 0 heterocycles. The second-order valence-corrected chi connectivity index (χ2v) is 3.26. The van der Waals surface area contributed by atoms with Crippen LogP contribution in [0, 0.1) is 5.82 Å². The minimum Gasteiger partial charge on any atom is -0.488 e. The highest BCUT2D eigenvalue weighted by molar-refractivity contribution is 5.23. The van der Waals surface area contributed by atoms with Crippen molar-refractivity contribution >= 4 is 0 Å². The minimum atomic E-state index is -0.581. The zero-order valence-electron chi connectivity index (χ0n) is 8.53. The molecule has 0 spiro atoms. The molecule has 15 heavy (non-hydrogen) atoms. The number of allylic oxidation sites excluding steroid dienone is 1. The zero-order chi connectivity index (χ0) is 11.1. The van der Waals surface area contributed by atoms with Crippen molar-refractivity contribution in [3.63, 3.8) is 0 Å². The molecule has 0 amide bonds. The highest BCUT2D eigenvalue weighted by Crippen LogP contribution is 2.15. The van der Waals surface area contributed by atoms with Gasteiger partial charge >= 0.3 is 0 Å². The average Bonchev–Trinajstić information content (AvgIpc) is 2.25. The van der Waals surface area contributed by atoms with Gasteiger partial charge in [-0.15, -0.1) is 6.58 Å². The van der Waals surface area contributed by atoms with Crippen LogP contribution in [-0.4, -0.2) is 17.8 Å². The lowest BCUT2D eigenvalue weighted by Crippen LogP contribution is -2.17. The van der Waals surface area contributed by atoms with Gasteiger partial charge in [0.15, 0.2) is 11.6 Å². The lowest BCUT2D eigenvalue weighted by Gasteiger charge is -2.11. The van der Waals surface area contributed by atoms with Crippen LogP contribution in [0.3, 0.4) is 0 Å². The van der Waals surface area contributed by atoms with Gasteiger partial charge in [-0.25, -0.2) is 4.39 Å². The Hall–Kier alpha value is -1.35. The molecule has 0 aromatic heterocycles. The number of benzene rings is 1. The molecule has 0 fully saturated rings. The third-order valence-corrected chi connectivity index (χ3v) is 1.97. The molecular formula is C12H15FO2. The van der Waals surface area contributed by atoms with Gasteiger partial charge in [-0.05, 0) is 25.0 Å². The lowest BCUT2D eigenvalue weighted by molar-refractivity contribution is 0.0987. The summed E-state index contributed by atoms with van der Waals surface area (Å²) < 4.78 is 18.2. The Morgan fingerprint density at radius 1 is 1.47 bits per heavy atom. The number of hydrogen-bond donors (Lipinski definition) is 1. The molecule has 2 nitrogen and oxygen atoms in total. The normalized spacial score (nSPS) is 12.1. The van der Waals surface area contributed by atoms with E-state index in [4.69, 9.17) is 4.74 Å². The van der Waals surface area contributed by atoms with Crippen molar-refractivity contribution in [2.75, 3.05) is 6.61 Å². The summed E-state index contributed by atoms with van der Waals surface area (Å²) in [6.07, 6.45) is 2.45. The maximum absolute atomic E-state index is 13.1. The van der Waals surface area contributed by atoms with E-state index in [1.165, 1.54) is 12.1 Å². The van der Waals surface area contributed by atoms with Gasteiger partial charge in [0.2, 0.25) is 0 Å². The Labute approximate surface area is 89.0 Å². The SMILES string of the molecule is C=CCC[C@@H](O)COc1ccccc1F. The van der Waals surface area contributed by atoms with Gasteiger partial charge in [0.05, 0.1) is 6.10 Å². The van der Waals surface area contributed by atoms with E-state index in [0.29, 0.717) is 6.42 Å². The van der Waals surface area contributed by atoms with Crippen molar-refractivity contribution in [3.8, 4) is 5.75 Å². The Morgan fingerprint density at radius 3 is 2.87 bits per heavy atom. The number of hydrogen-bond acceptors (Lipinski definition) is 2. The van der Waals surface area contributed by atoms with E-state index < -0.39 is 11.9 Å². The number of ether oxygens (including phenoxy) is 1.